The number of anilines is 3. The first-order valence-corrected chi connectivity index (χ1v) is 7.12. The number of nitrogens with zero attached hydrogens (tertiary/aromatic N) is 3. The summed E-state index contributed by atoms with van der Waals surface area (Å²) in [5.74, 6) is 7.32. The highest BCUT2D eigenvalue weighted by atomic mass is 19.1. The van der Waals surface area contributed by atoms with E-state index in [1.807, 2.05) is 11.0 Å². The Bertz CT molecular complexity index is 659. The van der Waals surface area contributed by atoms with Crippen LogP contribution in [0.3, 0.4) is 0 Å². The first kappa shape index (κ1) is 13.8. The third-order valence-electron chi connectivity index (χ3n) is 3.60. The predicted octanol–water partition coefficient (Wildman–Crippen LogP) is 2.55. The average molecular weight is 287 g/mol. The molecule has 21 heavy (non-hydrogen) atoms. The molecular formula is C15H18FN5. The van der Waals surface area contributed by atoms with Crippen LogP contribution in [0.2, 0.25) is 0 Å². The van der Waals surface area contributed by atoms with Crippen molar-refractivity contribution in [1.82, 2.24) is 9.97 Å². The minimum Gasteiger partial charge on any atom is -0.326 e. The van der Waals surface area contributed by atoms with Crippen LogP contribution in [0.4, 0.5) is 21.7 Å². The monoisotopic (exact) mass is 287 g/mol. The summed E-state index contributed by atoms with van der Waals surface area (Å²) in [6.07, 6.45) is 2.62. The molecule has 3 N–H and O–H groups in total. The Morgan fingerprint density at radius 3 is 2.95 bits per heavy atom. The van der Waals surface area contributed by atoms with Crippen LogP contribution in [0.15, 0.2) is 24.3 Å². The Kier molecular flexibility index (Phi) is 3.70. The number of aryl methyl sites for hydroxylation is 1. The third-order valence-corrected chi connectivity index (χ3v) is 3.60. The molecule has 6 heteroatoms. The minimum absolute atomic E-state index is 0.235. The Hall–Kier alpha value is -2.21. The Balaban J connectivity index is 2.02. The lowest BCUT2D eigenvalue weighted by Crippen LogP contribution is -2.18. The number of halogens is 1. The highest BCUT2D eigenvalue weighted by Crippen LogP contribution is 2.34. The molecule has 0 saturated carbocycles. The van der Waals surface area contributed by atoms with Crippen LogP contribution in [0.25, 0.3) is 0 Å². The van der Waals surface area contributed by atoms with Crippen molar-refractivity contribution in [2.24, 2.45) is 5.84 Å². The van der Waals surface area contributed by atoms with E-state index in [9.17, 15) is 4.39 Å². The highest BCUT2D eigenvalue weighted by Gasteiger charge is 2.22. The van der Waals surface area contributed by atoms with Gasteiger partial charge < -0.3 is 10.3 Å². The summed E-state index contributed by atoms with van der Waals surface area (Å²) in [7, 11) is 0. The molecule has 0 fully saturated rings. The summed E-state index contributed by atoms with van der Waals surface area (Å²) in [5.41, 5.74) is 4.58. The number of hydrogen-bond acceptors (Lipinski definition) is 5. The molecule has 0 aliphatic carbocycles. The molecule has 0 amide bonds. The van der Waals surface area contributed by atoms with E-state index in [-0.39, 0.29) is 5.82 Å². The first-order chi connectivity index (χ1) is 10.2. The van der Waals surface area contributed by atoms with Gasteiger partial charge >= 0.3 is 0 Å². The van der Waals surface area contributed by atoms with Gasteiger partial charge in [0.25, 0.3) is 0 Å². The molecule has 0 spiro atoms. The molecule has 3 rings (SSSR count). The van der Waals surface area contributed by atoms with Crippen molar-refractivity contribution in [1.29, 1.82) is 0 Å². The Labute approximate surface area is 123 Å². The van der Waals surface area contributed by atoms with Gasteiger partial charge in [0, 0.05) is 24.7 Å². The van der Waals surface area contributed by atoms with Gasteiger partial charge in [-0.1, -0.05) is 13.0 Å². The molecule has 1 aromatic heterocycles. The zero-order chi connectivity index (χ0) is 14.8. The Morgan fingerprint density at radius 1 is 1.33 bits per heavy atom. The largest absolute Gasteiger partial charge is 0.326 e. The van der Waals surface area contributed by atoms with Gasteiger partial charge in [-0.05, 0) is 30.5 Å². The van der Waals surface area contributed by atoms with Gasteiger partial charge in [0.2, 0.25) is 0 Å². The van der Waals surface area contributed by atoms with E-state index in [0.29, 0.717) is 5.82 Å². The van der Waals surface area contributed by atoms with Crippen LogP contribution in [-0.2, 0) is 12.8 Å². The molecular weight excluding hydrogens is 269 g/mol. The second-order valence-electron chi connectivity index (χ2n) is 5.10. The standard InChI is InChI=1S/C15H18FN5/c1-2-3-13-18-14(20-17)9-15(19-13)21-7-6-10-4-5-11(16)8-12(10)21/h4-5,8-9H,2-3,6-7,17H2,1H3,(H,18,19,20). The molecule has 0 saturated heterocycles. The van der Waals surface area contributed by atoms with Gasteiger partial charge in [0.05, 0.1) is 0 Å². The van der Waals surface area contributed by atoms with Gasteiger partial charge in [0.1, 0.15) is 23.3 Å². The number of nitrogens with two attached hydrogens (primary N) is 1. The van der Waals surface area contributed by atoms with Crippen LogP contribution in [0.1, 0.15) is 24.7 Å². The second-order valence-corrected chi connectivity index (χ2v) is 5.10. The number of rotatable bonds is 4. The minimum atomic E-state index is -0.235. The van der Waals surface area contributed by atoms with E-state index in [2.05, 4.69) is 22.3 Å². The third kappa shape index (κ3) is 2.67. The number of aromatic nitrogens is 2. The number of benzene rings is 1. The first-order valence-electron chi connectivity index (χ1n) is 7.12. The summed E-state index contributed by atoms with van der Waals surface area (Å²) >= 11 is 0. The lowest BCUT2D eigenvalue weighted by molar-refractivity contribution is 0.628. The van der Waals surface area contributed by atoms with Gasteiger partial charge in [-0.3, -0.25) is 0 Å². The molecule has 0 radical (unpaired) electrons. The zero-order valence-corrected chi connectivity index (χ0v) is 11.9. The summed E-state index contributed by atoms with van der Waals surface area (Å²) in [4.78, 5) is 10.9. The molecule has 1 aliphatic rings. The maximum absolute atomic E-state index is 13.5. The Morgan fingerprint density at radius 2 is 2.19 bits per heavy atom. The van der Waals surface area contributed by atoms with Crippen molar-refractivity contribution in [3.8, 4) is 0 Å². The van der Waals surface area contributed by atoms with Crippen molar-refractivity contribution >= 4 is 17.3 Å². The molecule has 1 aromatic carbocycles. The summed E-state index contributed by atoms with van der Waals surface area (Å²) in [6.45, 7) is 2.86. The molecule has 2 aromatic rings. The lowest BCUT2D eigenvalue weighted by atomic mass is 10.2. The van der Waals surface area contributed by atoms with Gasteiger partial charge in [-0.2, -0.15) is 0 Å². The van der Waals surface area contributed by atoms with E-state index in [1.165, 1.54) is 6.07 Å². The average Bonchev–Trinajstić information content (AvgIpc) is 2.90. The van der Waals surface area contributed by atoms with E-state index >= 15 is 0 Å². The van der Waals surface area contributed by atoms with Crippen molar-refractivity contribution < 1.29 is 4.39 Å². The van der Waals surface area contributed by atoms with Gasteiger partial charge in [-0.25, -0.2) is 20.2 Å². The number of nitrogen functional groups attached to an aromatic ring is 1. The summed E-state index contributed by atoms with van der Waals surface area (Å²) in [6, 6.07) is 6.68. The molecule has 1 aliphatic heterocycles. The maximum atomic E-state index is 13.5. The fourth-order valence-corrected chi connectivity index (χ4v) is 2.62. The summed E-state index contributed by atoms with van der Waals surface area (Å²) < 4.78 is 13.5. The molecule has 110 valence electrons. The highest BCUT2D eigenvalue weighted by molar-refractivity contribution is 5.69. The van der Waals surface area contributed by atoms with Gasteiger partial charge in [0.15, 0.2) is 0 Å². The predicted molar refractivity (Wildman–Crippen MR) is 80.9 cm³/mol. The molecule has 0 bridgehead atoms. The molecule has 5 nitrogen and oxygen atoms in total. The van der Waals surface area contributed by atoms with Crippen molar-refractivity contribution in [2.45, 2.75) is 26.2 Å². The maximum Gasteiger partial charge on any atom is 0.145 e. The van der Waals surface area contributed by atoms with Crippen molar-refractivity contribution in [2.75, 3.05) is 16.9 Å². The number of fused-ring (bicyclic) bond motifs is 1. The van der Waals surface area contributed by atoms with Crippen LogP contribution < -0.4 is 16.2 Å². The number of hydrogen-bond donors (Lipinski definition) is 2. The molecule has 2 heterocycles. The second kappa shape index (κ2) is 5.65. The molecule has 0 atom stereocenters. The van der Waals surface area contributed by atoms with E-state index in [0.717, 1.165) is 48.7 Å². The zero-order valence-electron chi connectivity index (χ0n) is 11.9. The van der Waals surface area contributed by atoms with Crippen LogP contribution in [0.5, 0.6) is 0 Å². The van der Waals surface area contributed by atoms with Gasteiger partial charge in [-0.15, -0.1) is 0 Å². The fourth-order valence-electron chi connectivity index (χ4n) is 2.62. The van der Waals surface area contributed by atoms with E-state index in [4.69, 9.17) is 5.84 Å². The topological polar surface area (TPSA) is 67.1 Å². The molecule has 0 unspecified atom stereocenters. The van der Waals surface area contributed by atoms with Crippen LogP contribution in [-0.4, -0.2) is 16.5 Å². The SMILES string of the molecule is CCCc1nc(NN)cc(N2CCc3ccc(F)cc32)n1. The van der Waals surface area contributed by atoms with Crippen LogP contribution in [0, 0.1) is 5.82 Å². The van der Waals surface area contributed by atoms with E-state index < -0.39 is 0 Å². The lowest BCUT2D eigenvalue weighted by Gasteiger charge is -2.19. The fraction of sp³-hybridized carbons (Fsp3) is 0.333. The quantitative estimate of drug-likeness (QED) is 0.668. The van der Waals surface area contributed by atoms with E-state index in [1.54, 1.807) is 12.1 Å². The van der Waals surface area contributed by atoms with Crippen molar-refractivity contribution in [3.05, 3.63) is 41.5 Å². The smallest absolute Gasteiger partial charge is 0.145 e. The summed E-state index contributed by atoms with van der Waals surface area (Å²) in [5, 5.41) is 0. The number of hydrazine groups is 1. The number of nitrogens with one attached hydrogen (secondary N) is 1. The van der Waals surface area contributed by atoms with Crippen LogP contribution >= 0.6 is 0 Å². The van der Waals surface area contributed by atoms with Crippen molar-refractivity contribution in [3.63, 3.8) is 0 Å². The normalized spacial score (nSPS) is 13.4.